The van der Waals surface area contributed by atoms with Gasteiger partial charge in [-0.2, -0.15) is 0 Å². The average Bonchev–Trinajstić information content (AvgIpc) is 2.81. The number of hydrogen-bond donors (Lipinski definition) is 0. The van der Waals surface area contributed by atoms with E-state index in [1.165, 1.54) is 5.56 Å². The second-order valence-corrected chi connectivity index (χ2v) is 10.4. The summed E-state index contributed by atoms with van der Waals surface area (Å²) in [5.74, 6) is 0. The third kappa shape index (κ3) is 5.92. The smallest absolute Gasteiger partial charge is 0.156 e. The third-order valence-electron chi connectivity index (χ3n) is 5.62. The van der Waals surface area contributed by atoms with Gasteiger partial charge in [0.15, 0.2) is 7.14 Å². The van der Waals surface area contributed by atoms with E-state index in [4.69, 9.17) is 0 Å². The van der Waals surface area contributed by atoms with Crippen LogP contribution >= 0.6 is 7.14 Å². The fourth-order valence-corrected chi connectivity index (χ4v) is 6.53. The van der Waals surface area contributed by atoms with Gasteiger partial charge >= 0.3 is 0 Å². The van der Waals surface area contributed by atoms with Crippen LogP contribution in [-0.2, 0) is 11.1 Å². The fourth-order valence-electron chi connectivity index (χ4n) is 3.80. The summed E-state index contributed by atoms with van der Waals surface area (Å²) in [5.41, 5.74) is 1.25. The number of hydrogen-bond acceptors (Lipinski definition) is 3. The van der Waals surface area contributed by atoms with Crippen LogP contribution in [-0.4, -0.2) is 42.3 Å². The molecule has 0 N–H and O–H groups in total. The summed E-state index contributed by atoms with van der Waals surface area (Å²) in [6, 6.07) is 30.5. The van der Waals surface area contributed by atoms with Crippen molar-refractivity contribution in [3.63, 3.8) is 0 Å². The molecule has 3 rings (SSSR count). The van der Waals surface area contributed by atoms with Crippen molar-refractivity contribution in [2.75, 3.05) is 32.5 Å². The van der Waals surface area contributed by atoms with Crippen LogP contribution in [0.15, 0.2) is 91.0 Å². The van der Waals surface area contributed by atoms with E-state index in [9.17, 15) is 4.57 Å². The molecule has 0 fully saturated rings. The molecule has 0 saturated carbocycles. The quantitative estimate of drug-likeness (QED) is 0.416. The molecule has 0 bridgehead atoms. The normalized spacial score (nSPS) is 11.9. The molecule has 3 nitrogen and oxygen atoms in total. The van der Waals surface area contributed by atoms with Gasteiger partial charge in [0.2, 0.25) is 0 Å². The molecule has 3 aromatic rings. The van der Waals surface area contributed by atoms with E-state index in [-0.39, 0.29) is 0 Å². The SMILES string of the molecule is CCN(CC)CCN(Cc1ccccc1)CP(=O)(c1ccccc1)c1ccccc1. The second kappa shape index (κ2) is 11.3. The van der Waals surface area contributed by atoms with Crippen LogP contribution in [0.4, 0.5) is 0 Å². The van der Waals surface area contributed by atoms with Gasteiger partial charge in [0.25, 0.3) is 0 Å². The van der Waals surface area contributed by atoms with E-state index in [0.29, 0.717) is 6.29 Å². The van der Waals surface area contributed by atoms with Crippen molar-refractivity contribution in [1.29, 1.82) is 0 Å². The monoisotopic (exact) mass is 420 g/mol. The minimum Gasteiger partial charge on any atom is -0.312 e. The lowest BCUT2D eigenvalue weighted by molar-refractivity contribution is 0.228. The molecule has 158 valence electrons. The molecule has 0 aliphatic rings. The van der Waals surface area contributed by atoms with Crippen molar-refractivity contribution in [2.24, 2.45) is 0 Å². The first-order valence-corrected chi connectivity index (χ1v) is 12.7. The van der Waals surface area contributed by atoms with Crippen LogP contribution in [0.2, 0.25) is 0 Å². The molecule has 4 heteroatoms. The molecule has 0 heterocycles. The zero-order valence-electron chi connectivity index (χ0n) is 18.2. The molecule has 0 atom stereocenters. The molecule has 0 amide bonds. The number of likely N-dealkylation sites (N-methyl/N-ethyl adjacent to an activating group) is 1. The first-order valence-electron chi connectivity index (χ1n) is 10.8. The third-order valence-corrected chi connectivity index (χ3v) is 8.68. The Balaban J connectivity index is 1.92. The number of nitrogens with zero attached hydrogens (tertiary/aromatic N) is 2. The Morgan fingerprint density at radius 3 is 1.53 bits per heavy atom. The highest BCUT2D eigenvalue weighted by molar-refractivity contribution is 7.78. The zero-order chi connectivity index (χ0) is 21.2. The second-order valence-electron chi connectivity index (χ2n) is 7.62. The minimum atomic E-state index is -2.79. The highest BCUT2D eigenvalue weighted by atomic mass is 31.2. The summed E-state index contributed by atoms with van der Waals surface area (Å²) in [4.78, 5) is 4.79. The van der Waals surface area contributed by atoms with E-state index in [1.807, 2.05) is 66.7 Å². The molecule has 0 radical (unpaired) electrons. The molecule has 3 aromatic carbocycles. The lowest BCUT2D eigenvalue weighted by Crippen LogP contribution is -2.37. The van der Waals surface area contributed by atoms with Crippen molar-refractivity contribution in [2.45, 2.75) is 20.4 Å². The van der Waals surface area contributed by atoms with Gasteiger partial charge in [0.05, 0.1) is 6.29 Å². The van der Waals surface area contributed by atoms with Crippen LogP contribution < -0.4 is 10.6 Å². The highest BCUT2D eigenvalue weighted by Gasteiger charge is 2.29. The topological polar surface area (TPSA) is 23.6 Å². The Morgan fingerprint density at radius 2 is 1.07 bits per heavy atom. The Labute approximate surface area is 181 Å². The van der Waals surface area contributed by atoms with Gasteiger partial charge < -0.3 is 9.46 Å². The van der Waals surface area contributed by atoms with E-state index in [0.717, 1.165) is 43.3 Å². The van der Waals surface area contributed by atoms with Crippen LogP contribution in [0.3, 0.4) is 0 Å². The molecule has 0 spiro atoms. The van der Waals surface area contributed by atoms with Gasteiger partial charge in [-0.1, -0.05) is 105 Å². The standard InChI is InChI=1S/C26H33N2OP/c1-3-27(4-2)20-21-28(22-24-14-8-5-9-15-24)23-30(29,25-16-10-6-11-17-25)26-18-12-7-13-19-26/h5-19H,3-4,20-23H2,1-2H3. The Bertz CT molecular complexity index is 868. The molecule has 0 aromatic heterocycles. The Hall–Kier alpha value is -2.19. The van der Waals surface area contributed by atoms with Gasteiger partial charge in [0, 0.05) is 30.2 Å². The van der Waals surface area contributed by atoms with Crippen molar-refractivity contribution in [3.05, 3.63) is 96.6 Å². The molecule has 0 aliphatic carbocycles. The Kier molecular flexibility index (Phi) is 8.45. The molecular formula is C26H33N2OP. The molecular weight excluding hydrogens is 387 g/mol. The van der Waals surface area contributed by atoms with Crippen LogP contribution in [0.5, 0.6) is 0 Å². The first kappa shape index (κ1) is 22.5. The summed E-state index contributed by atoms with van der Waals surface area (Å²) in [6.07, 6.45) is 0.539. The van der Waals surface area contributed by atoms with Crippen molar-refractivity contribution >= 4 is 17.8 Å². The molecule has 0 saturated heterocycles. The Morgan fingerprint density at radius 1 is 0.633 bits per heavy atom. The molecule has 30 heavy (non-hydrogen) atoms. The lowest BCUT2D eigenvalue weighted by atomic mass is 10.2. The van der Waals surface area contributed by atoms with Gasteiger partial charge in [-0.15, -0.1) is 0 Å². The van der Waals surface area contributed by atoms with E-state index < -0.39 is 7.14 Å². The van der Waals surface area contributed by atoms with E-state index in [1.54, 1.807) is 0 Å². The van der Waals surface area contributed by atoms with Gasteiger partial charge in [-0.25, -0.2) is 0 Å². The van der Waals surface area contributed by atoms with E-state index >= 15 is 0 Å². The van der Waals surface area contributed by atoms with Crippen LogP contribution in [0, 0.1) is 0 Å². The summed E-state index contributed by atoms with van der Waals surface area (Å²) in [6.45, 7) is 9.12. The predicted octanol–water partition coefficient (Wildman–Crippen LogP) is 4.80. The van der Waals surface area contributed by atoms with Crippen LogP contribution in [0.25, 0.3) is 0 Å². The summed E-state index contributed by atoms with van der Waals surface area (Å²) < 4.78 is 14.5. The summed E-state index contributed by atoms with van der Waals surface area (Å²) in [5, 5.41) is 1.86. The van der Waals surface area contributed by atoms with Gasteiger partial charge in [0.1, 0.15) is 0 Å². The maximum atomic E-state index is 14.5. The largest absolute Gasteiger partial charge is 0.312 e. The zero-order valence-corrected chi connectivity index (χ0v) is 19.0. The lowest BCUT2D eigenvalue weighted by Gasteiger charge is -2.30. The van der Waals surface area contributed by atoms with Gasteiger partial charge in [-0.3, -0.25) is 4.90 Å². The van der Waals surface area contributed by atoms with Crippen molar-refractivity contribution in [3.8, 4) is 0 Å². The van der Waals surface area contributed by atoms with Crippen molar-refractivity contribution in [1.82, 2.24) is 9.80 Å². The summed E-state index contributed by atoms with van der Waals surface area (Å²) in [7, 11) is -2.79. The molecule has 0 unspecified atom stereocenters. The highest BCUT2D eigenvalue weighted by Crippen LogP contribution is 2.44. The van der Waals surface area contributed by atoms with Gasteiger partial charge in [-0.05, 0) is 18.7 Å². The van der Waals surface area contributed by atoms with Crippen LogP contribution in [0.1, 0.15) is 19.4 Å². The molecule has 0 aliphatic heterocycles. The minimum absolute atomic E-state index is 0.539. The number of benzene rings is 3. The maximum Gasteiger partial charge on any atom is 0.156 e. The summed E-state index contributed by atoms with van der Waals surface area (Å²) >= 11 is 0. The maximum absolute atomic E-state index is 14.5. The number of rotatable bonds is 11. The first-order chi connectivity index (χ1) is 14.7. The predicted molar refractivity (Wildman–Crippen MR) is 129 cm³/mol. The van der Waals surface area contributed by atoms with E-state index in [2.05, 4.69) is 47.9 Å². The fraction of sp³-hybridized carbons (Fsp3) is 0.308. The van der Waals surface area contributed by atoms with Crippen molar-refractivity contribution < 1.29 is 4.57 Å². The average molecular weight is 421 g/mol.